The quantitative estimate of drug-likeness (QED) is 0.580. The predicted molar refractivity (Wildman–Crippen MR) is 48.1 cm³/mol. The topological polar surface area (TPSA) is 0 Å². The summed E-state index contributed by atoms with van der Waals surface area (Å²) in [4.78, 5) is 0. The van der Waals surface area contributed by atoms with Crippen LogP contribution in [0.1, 0.15) is 23.6 Å². The summed E-state index contributed by atoms with van der Waals surface area (Å²) in [7, 11) is 0. The summed E-state index contributed by atoms with van der Waals surface area (Å²) in [5, 5.41) is 0. The summed E-state index contributed by atoms with van der Waals surface area (Å²) in [6.07, 6.45) is 0. The van der Waals surface area contributed by atoms with Crippen molar-refractivity contribution in [1.29, 1.82) is 0 Å². The van der Waals surface area contributed by atoms with Crippen molar-refractivity contribution in [2.75, 3.05) is 0 Å². The molecule has 1 aromatic carbocycles. The average Bonchev–Trinajstić information content (AvgIpc) is 2.26. The van der Waals surface area contributed by atoms with E-state index < -0.39 is 28.9 Å². The normalized spacial score (nSPS) is 26.4. The van der Waals surface area contributed by atoms with Crippen molar-refractivity contribution < 1.29 is 17.6 Å². The van der Waals surface area contributed by atoms with Gasteiger partial charge in [0, 0.05) is 11.1 Å². The Labute approximate surface area is 84.9 Å². The molecule has 1 aliphatic rings. The molecule has 1 unspecified atom stereocenters. The summed E-state index contributed by atoms with van der Waals surface area (Å²) >= 11 is 0. The van der Waals surface area contributed by atoms with Crippen molar-refractivity contribution in [1.82, 2.24) is 0 Å². The number of alkyl halides is 4. The van der Waals surface area contributed by atoms with Crippen LogP contribution in [-0.2, 0) is 11.8 Å². The third-order valence-electron chi connectivity index (χ3n) is 2.98. The molecule has 0 saturated heterocycles. The summed E-state index contributed by atoms with van der Waals surface area (Å²) in [6.45, 7) is 2.49. The maximum absolute atomic E-state index is 13.5. The first kappa shape index (κ1) is 10.5. The molecule has 1 aromatic rings. The predicted octanol–water partition coefficient (Wildman–Crippen LogP) is 3.83. The number of hydrogen-bond acceptors (Lipinski definition) is 0. The summed E-state index contributed by atoms with van der Waals surface area (Å²) in [5.74, 6) is -8.85. The zero-order valence-corrected chi connectivity index (χ0v) is 8.32. The molecule has 0 amide bonds. The molecule has 1 atom stereocenters. The van der Waals surface area contributed by atoms with E-state index in [4.69, 9.17) is 0 Å². The van der Waals surface area contributed by atoms with Gasteiger partial charge in [0.1, 0.15) is 0 Å². The Kier molecular flexibility index (Phi) is 1.91. The van der Waals surface area contributed by atoms with Crippen LogP contribution in [0.15, 0.2) is 18.2 Å². The SMILES string of the molecule is Cc1ccc2c(c1)C(F)(F)C(C)C2(F)F. The van der Waals surface area contributed by atoms with Crippen molar-refractivity contribution in [3.8, 4) is 0 Å². The standard InChI is InChI=1S/C11H10F4/c1-6-3-4-8-9(5-6)11(14,15)7(2)10(8,12)13/h3-5,7H,1-2H3. The van der Waals surface area contributed by atoms with E-state index in [1.165, 1.54) is 6.07 Å². The Balaban J connectivity index is 2.71. The third kappa shape index (κ3) is 1.20. The molecule has 0 heterocycles. The molecule has 0 fully saturated rings. The first-order valence-electron chi connectivity index (χ1n) is 4.65. The maximum atomic E-state index is 13.5. The summed E-state index contributed by atoms with van der Waals surface area (Å²) in [6, 6.07) is 3.68. The molecule has 0 aromatic heterocycles. The van der Waals surface area contributed by atoms with Crippen LogP contribution in [0.25, 0.3) is 0 Å². The second-order valence-corrected chi connectivity index (χ2v) is 4.02. The highest BCUT2D eigenvalue weighted by molar-refractivity contribution is 5.43. The van der Waals surface area contributed by atoms with Crippen LogP contribution >= 0.6 is 0 Å². The van der Waals surface area contributed by atoms with Gasteiger partial charge in [-0.2, -0.15) is 0 Å². The van der Waals surface area contributed by atoms with E-state index in [0.29, 0.717) is 5.56 Å². The van der Waals surface area contributed by atoms with Crippen molar-refractivity contribution in [2.24, 2.45) is 5.92 Å². The van der Waals surface area contributed by atoms with E-state index in [1.54, 1.807) is 6.92 Å². The minimum absolute atomic E-state index is 0.528. The smallest absolute Gasteiger partial charge is 0.201 e. The molecule has 0 spiro atoms. The number of benzene rings is 1. The van der Waals surface area contributed by atoms with Crippen LogP contribution in [0.4, 0.5) is 17.6 Å². The van der Waals surface area contributed by atoms with Crippen molar-refractivity contribution in [2.45, 2.75) is 25.7 Å². The Bertz CT molecular complexity index is 409. The molecular formula is C11H10F4. The van der Waals surface area contributed by atoms with Gasteiger partial charge in [-0.3, -0.25) is 0 Å². The molecule has 0 N–H and O–H groups in total. The molecule has 0 radical (unpaired) electrons. The molecule has 0 bridgehead atoms. The number of rotatable bonds is 0. The highest BCUT2D eigenvalue weighted by atomic mass is 19.3. The lowest BCUT2D eigenvalue weighted by atomic mass is 10.0. The fourth-order valence-electron chi connectivity index (χ4n) is 1.92. The Morgan fingerprint density at radius 1 is 1.00 bits per heavy atom. The number of halogens is 4. The lowest BCUT2D eigenvalue weighted by Gasteiger charge is -2.19. The lowest BCUT2D eigenvalue weighted by molar-refractivity contribution is -0.150. The summed E-state index contributed by atoms with van der Waals surface area (Å²) < 4.78 is 54.0. The van der Waals surface area contributed by atoms with Crippen LogP contribution in [0.3, 0.4) is 0 Å². The van der Waals surface area contributed by atoms with Crippen molar-refractivity contribution >= 4 is 0 Å². The number of aryl methyl sites for hydroxylation is 1. The van der Waals surface area contributed by atoms with E-state index >= 15 is 0 Å². The first-order chi connectivity index (χ1) is 6.78. The Morgan fingerprint density at radius 3 is 2.13 bits per heavy atom. The summed E-state index contributed by atoms with van der Waals surface area (Å²) in [5.41, 5.74) is -0.496. The number of hydrogen-bond donors (Lipinski definition) is 0. The largest absolute Gasteiger partial charge is 0.282 e. The molecule has 0 nitrogen and oxygen atoms in total. The fraction of sp³-hybridized carbons (Fsp3) is 0.455. The highest BCUT2D eigenvalue weighted by Crippen LogP contribution is 2.57. The molecule has 4 heteroatoms. The average molecular weight is 218 g/mol. The zero-order chi connectivity index (χ0) is 11.4. The van der Waals surface area contributed by atoms with Gasteiger partial charge in [-0.05, 0) is 13.0 Å². The second kappa shape index (κ2) is 2.74. The Hall–Kier alpha value is -1.06. The molecule has 82 valence electrons. The minimum Gasteiger partial charge on any atom is -0.201 e. The van der Waals surface area contributed by atoms with Gasteiger partial charge in [-0.25, -0.2) is 17.6 Å². The first-order valence-corrected chi connectivity index (χ1v) is 4.65. The molecule has 2 rings (SSSR count). The van der Waals surface area contributed by atoms with E-state index in [2.05, 4.69) is 0 Å². The van der Waals surface area contributed by atoms with Crippen molar-refractivity contribution in [3.05, 3.63) is 34.9 Å². The van der Waals surface area contributed by atoms with Gasteiger partial charge in [0.15, 0.2) is 0 Å². The van der Waals surface area contributed by atoms with Gasteiger partial charge in [0.25, 0.3) is 11.8 Å². The van der Waals surface area contributed by atoms with Gasteiger partial charge >= 0.3 is 0 Å². The van der Waals surface area contributed by atoms with Gasteiger partial charge in [0.2, 0.25) is 0 Å². The highest BCUT2D eigenvalue weighted by Gasteiger charge is 2.62. The van der Waals surface area contributed by atoms with Gasteiger partial charge < -0.3 is 0 Å². The molecule has 1 aliphatic carbocycles. The van der Waals surface area contributed by atoms with Gasteiger partial charge in [0.05, 0.1) is 5.92 Å². The van der Waals surface area contributed by atoms with E-state index in [-0.39, 0.29) is 0 Å². The third-order valence-corrected chi connectivity index (χ3v) is 2.98. The van der Waals surface area contributed by atoms with Crippen LogP contribution in [0.2, 0.25) is 0 Å². The van der Waals surface area contributed by atoms with E-state index in [1.807, 2.05) is 0 Å². The molecular weight excluding hydrogens is 208 g/mol. The van der Waals surface area contributed by atoms with Gasteiger partial charge in [-0.1, -0.05) is 24.6 Å². The number of fused-ring (bicyclic) bond motifs is 1. The fourth-order valence-corrected chi connectivity index (χ4v) is 1.92. The second-order valence-electron chi connectivity index (χ2n) is 4.02. The van der Waals surface area contributed by atoms with Crippen LogP contribution in [-0.4, -0.2) is 0 Å². The minimum atomic E-state index is -3.44. The molecule has 0 aliphatic heterocycles. The van der Waals surface area contributed by atoms with E-state index in [9.17, 15) is 17.6 Å². The van der Waals surface area contributed by atoms with Crippen LogP contribution in [0.5, 0.6) is 0 Å². The van der Waals surface area contributed by atoms with Gasteiger partial charge in [-0.15, -0.1) is 0 Å². The zero-order valence-electron chi connectivity index (χ0n) is 8.32. The molecule has 15 heavy (non-hydrogen) atoms. The van der Waals surface area contributed by atoms with E-state index in [0.717, 1.165) is 19.1 Å². The van der Waals surface area contributed by atoms with Crippen molar-refractivity contribution in [3.63, 3.8) is 0 Å². The van der Waals surface area contributed by atoms with Crippen LogP contribution < -0.4 is 0 Å². The lowest BCUT2D eigenvalue weighted by Crippen LogP contribution is -2.26. The molecule has 0 saturated carbocycles. The Morgan fingerprint density at radius 2 is 1.53 bits per heavy atom. The van der Waals surface area contributed by atoms with Crippen LogP contribution in [0, 0.1) is 12.8 Å². The monoisotopic (exact) mass is 218 g/mol. The maximum Gasteiger partial charge on any atom is 0.282 e.